The zero-order valence-corrected chi connectivity index (χ0v) is 8.71. The molecule has 2 heteroatoms. The van der Waals surface area contributed by atoms with Crippen molar-refractivity contribution in [2.24, 2.45) is 0 Å². The van der Waals surface area contributed by atoms with Gasteiger partial charge < -0.3 is 4.74 Å². The Morgan fingerprint density at radius 2 is 2.17 bits per heavy atom. The van der Waals surface area contributed by atoms with Crippen LogP contribution in [0.4, 0.5) is 0 Å². The van der Waals surface area contributed by atoms with Gasteiger partial charge in [0.05, 0.1) is 6.10 Å². The zero-order valence-electron chi connectivity index (χ0n) is 8.71. The lowest BCUT2D eigenvalue weighted by Gasteiger charge is -2.24. The van der Waals surface area contributed by atoms with Crippen LogP contribution in [0.15, 0.2) is 0 Å². The highest BCUT2D eigenvalue weighted by atomic mass is 16.5. The van der Waals surface area contributed by atoms with Crippen LogP contribution in [0.1, 0.15) is 34.1 Å². The topological polar surface area (TPSA) is 12.5 Å². The van der Waals surface area contributed by atoms with E-state index in [0.29, 0.717) is 18.2 Å². The summed E-state index contributed by atoms with van der Waals surface area (Å²) in [5.41, 5.74) is 0. The number of rotatable bonds is 3. The molecule has 0 aromatic heterocycles. The first kappa shape index (κ1) is 10.0. The van der Waals surface area contributed by atoms with Gasteiger partial charge in [-0.2, -0.15) is 0 Å². The molecule has 1 unspecified atom stereocenters. The summed E-state index contributed by atoms with van der Waals surface area (Å²) in [6.07, 6.45) is 1.68. The average molecular weight is 171 g/mol. The van der Waals surface area contributed by atoms with E-state index in [1.165, 1.54) is 6.42 Å². The number of hydrogen-bond donors (Lipinski definition) is 0. The highest BCUT2D eigenvalue weighted by molar-refractivity contribution is 4.84. The summed E-state index contributed by atoms with van der Waals surface area (Å²) in [5.74, 6) is 0. The Balaban J connectivity index is 2.39. The predicted molar refractivity (Wildman–Crippen MR) is 51.3 cm³/mol. The Morgan fingerprint density at radius 3 is 2.58 bits per heavy atom. The van der Waals surface area contributed by atoms with Gasteiger partial charge in [0.25, 0.3) is 0 Å². The van der Waals surface area contributed by atoms with Gasteiger partial charge in [0.1, 0.15) is 0 Å². The molecule has 0 bridgehead atoms. The van der Waals surface area contributed by atoms with Crippen LogP contribution in [0, 0.1) is 0 Å². The summed E-state index contributed by atoms with van der Waals surface area (Å²) in [5, 5.41) is 0. The molecule has 0 amide bonds. The van der Waals surface area contributed by atoms with Gasteiger partial charge in [-0.1, -0.05) is 0 Å². The van der Waals surface area contributed by atoms with Crippen LogP contribution in [0.2, 0.25) is 0 Å². The van der Waals surface area contributed by atoms with Gasteiger partial charge in [-0.15, -0.1) is 0 Å². The van der Waals surface area contributed by atoms with Gasteiger partial charge in [-0.25, -0.2) is 0 Å². The Hall–Kier alpha value is -0.0800. The summed E-state index contributed by atoms with van der Waals surface area (Å²) >= 11 is 0. The van der Waals surface area contributed by atoms with E-state index in [-0.39, 0.29) is 0 Å². The lowest BCUT2D eigenvalue weighted by molar-refractivity contribution is 0.0660. The maximum Gasteiger partial charge on any atom is 0.0716 e. The second kappa shape index (κ2) is 4.24. The van der Waals surface area contributed by atoms with Crippen molar-refractivity contribution >= 4 is 0 Å². The van der Waals surface area contributed by atoms with Gasteiger partial charge in [0.2, 0.25) is 0 Å². The lowest BCUT2D eigenvalue weighted by atomic mass is 10.2. The second-order valence-corrected chi connectivity index (χ2v) is 3.95. The molecule has 72 valence electrons. The van der Waals surface area contributed by atoms with Crippen molar-refractivity contribution in [3.63, 3.8) is 0 Å². The zero-order chi connectivity index (χ0) is 9.14. The third-order valence-corrected chi connectivity index (χ3v) is 2.65. The third kappa shape index (κ3) is 2.20. The fourth-order valence-electron chi connectivity index (χ4n) is 2.08. The van der Waals surface area contributed by atoms with Crippen LogP contribution in [0.3, 0.4) is 0 Å². The molecule has 0 aliphatic carbocycles. The summed E-state index contributed by atoms with van der Waals surface area (Å²) in [6.45, 7) is 10.8. The van der Waals surface area contributed by atoms with E-state index in [1.54, 1.807) is 0 Å². The summed E-state index contributed by atoms with van der Waals surface area (Å²) in [7, 11) is 0. The molecule has 0 aromatic carbocycles. The maximum atomic E-state index is 5.61. The molecule has 1 rings (SSSR count). The van der Waals surface area contributed by atoms with Crippen molar-refractivity contribution in [3.05, 3.63) is 0 Å². The van der Waals surface area contributed by atoms with Crippen molar-refractivity contribution in [2.75, 3.05) is 13.2 Å². The van der Waals surface area contributed by atoms with E-state index in [9.17, 15) is 0 Å². The smallest absolute Gasteiger partial charge is 0.0716 e. The Labute approximate surface area is 75.9 Å². The largest absolute Gasteiger partial charge is 0.377 e. The van der Waals surface area contributed by atoms with Crippen molar-refractivity contribution in [1.29, 1.82) is 0 Å². The summed E-state index contributed by atoms with van der Waals surface area (Å²) in [4.78, 5) is 2.51. The number of hydrogen-bond acceptors (Lipinski definition) is 2. The maximum absolute atomic E-state index is 5.61. The predicted octanol–water partition coefficient (Wildman–Crippen LogP) is 1.89. The number of ether oxygens (including phenoxy) is 1. The number of nitrogens with zero attached hydrogens (tertiary/aromatic N) is 1. The van der Waals surface area contributed by atoms with Gasteiger partial charge in [0, 0.05) is 25.2 Å². The van der Waals surface area contributed by atoms with Crippen LogP contribution in [-0.2, 0) is 4.74 Å². The van der Waals surface area contributed by atoms with Crippen LogP contribution < -0.4 is 0 Å². The normalized spacial score (nSPS) is 31.8. The summed E-state index contributed by atoms with van der Waals surface area (Å²) in [6, 6.07) is 1.35. The first-order valence-corrected chi connectivity index (χ1v) is 5.02. The van der Waals surface area contributed by atoms with Crippen LogP contribution in [0.5, 0.6) is 0 Å². The molecule has 1 aliphatic rings. The Bertz CT molecular complexity index is 136. The Morgan fingerprint density at radius 1 is 1.50 bits per heavy atom. The molecule has 0 saturated carbocycles. The van der Waals surface area contributed by atoms with Crippen molar-refractivity contribution in [3.8, 4) is 0 Å². The van der Waals surface area contributed by atoms with E-state index < -0.39 is 0 Å². The quantitative estimate of drug-likeness (QED) is 0.643. The van der Waals surface area contributed by atoms with E-state index in [4.69, 9.17) is 4.74 Å². The minimum absolute atomic E-state index is 0.479. The van der Waals surface area contributed by atoms with Crippen molar-refractivity contribution < 1.29 is 4.74 Å². The van der Waals surface area contributed by atoms with E-state index in [0.717, 1.165) is 13.2 Å². The third-order valence-electron chi connectivity index (χ3n) is 2.65. The molecule has 0 spiro atoms. The molecule has 2 atom stereocenters. The standard InChI is InChI=1S/C10H21NO/c1-5-12-10-6-9(4)11(7-10)8(2)3/h8-10H,5-7H2,1-4H3/t9-,10?/m1/s1. The van der Waals surface area contributed by atoms with Gasteiger partial charge >= 0.3 is 0 Å². The van der Waals surface area contributed by atoms with Crippen molar-refractivity contribution in [2.45, 2.75) is 52.3 Å². The van der Waals surface area contributed by atoms with E-state index >= 15 is 0 Å². The van der Waals surface area contributed by atoms with Crippen molar-refractivity contribution in [1.82, 2.24) is 4.90 Å². The molecule has 1 aliphatic heterocycles. The fraction of sp³-hybridized carbons (Fsp3) is 1.00. The van der Waals surface area contributed by atoms with Gasteiger partial charge in [0.15, 0.2) is 0 Å². The molecule has 12 heavy (non-hydrogen) atoms. The highest BCUT2D eigenvalue weighted by Gasteiger charge is 2.30. The van der Waals surface area contributed by atoms with Crippen LogP contribution in [0.25, 0.3) is 0 Å². The summed E-state index contributed by atoms with van der Waals surface area (Å²) < 4.78 is 5.61. The van der Waals surface area contributed by atoms with E-state index in [1.807, 2.05) is 0 Å². The first-order chi connectivity index (χ1) is 5.65. The Kier molecular flexibility index (Phi) is 3.53. The van der Waals surface area contributed by atoms with Gasteiger partial charge in [-0.05, 0) is 34.1 Å². The van der Waals surface area contributed by atoms with Crippen LogP contribution >= 0.6 is 0 Å². The monoisotopic (exact) mass is 171 g/mol. The molecular weight excluding hydrogens is 150 g/mol. The van der Waals surface area contributed by atoms with Gasteiger partial charge in [-0.3, -0.25) is 4.90 Å². The average Bonchev–Trinajstić information content (AvgIpc) is 2.32. The minimum Gasteiger partial charge on any atom is -0.377 e. The number of likely N-dealkylation sites (tertiary alicyclic amines) is 1. The molecule has 0 aromatic rings. The van der Waals surface area contributed by atoms with E-state index in [2.05, 4.69) is 32.6 Å². The van der Waals surface area contributed by atoms with Crippen LogP contribution in [-0.4, -0.2) is 36.2 Å². The lowest BCUT2D eigenvalue weighted by Crippen LogP contribution is -2.34. The molecule has 0 N–H and O–H groups in total. The molecule has 1 saturated heterocycles. The molecule has 0 radical (unpaired) electrons. The molecular formula is C10H21NO. The minimum atomic E-state index is 0.479. The molecule has 1 heterocycles. The highest BCUT2D eigenvalue weighted by Crippen LogP contribution is 2.21. The second-order valence-electron chi connectivity index (χ2n) is 3.95. The first-order valence-electron chi connectivity index (χ1n) is 5.02. The fourth-order valence-corrected chi connectivity index (χ4v) is 2.08. The SMILES string of the molecule is CCOC1C[C@@H](C)N(C(C)C)C1. The molecule has 1 fully saturated rings. The molecule has 2 nitrogen and oxygen atoms in total.